The number of anilines is 1. The normalized spacial score (nSPS) is 10.7. The Balaban J connectivity index is 1.61. The summed E-state index contributed by atoms with van der Waals surface area (Å²) >= 11 is 0. The number of nitrogens with zero attached hydrogens (tertiary/aromatic N) is 2. The molecule has 154 valence electrons. The van der Waals surface area contributed by atoms with E-state index in [-0.39, 0.29) is 18.3 Å². The number of nitrogens with one attached hydrogen (secondary N) is 1. The molecule has 0 radical (unpaired) electrons. The molecule has 0 unspecified atom stereocenters. The summed E-state index contributed by atoms with van der Waals surface area (Å²) in [5, 5.41) is 6.95. The Kier molecular flexibility index (Phi) is 7.00. The highest BCUT2D eigenvalue weighted by atomic mass is 16.5. The molecule has 0 saturated carbocycles. The summed E-state index contributed by atoms with van der Waals surface area (Å²) in [5.41, 5.74) is 1.85. The van der Waals surface area contributed by atoms with Crippen LogP contribution in [-0.2, 0) is 11.3 Å². The van der Waals surface area contributed by atoms with Gasteiger partial charge in [-0.05, 0) is 48.9 Å². The van der Waals surface area contributed by atoms with Crippen molar-refractivity contribution in [1.29, 1.82) is 0 Å². The van der Waals surface area contributed by atoms with Crippen molar-refractivity contribution >= 4 is 23.5 Å². The number of rotatable bonds is 9. The third kappa shape index (κ3) is 5.57. The van der Waals surface area contributed by atoms with Gasteiger partial charge in [0.25, 0.3) is 5.91 Å². The number of carbonyl (C=O) groups is 2. The molecule has 7 nitrogen and oxygen atoms in total. The summed E-state index contributed by atoms with van der Waals surface area (Å²) < 4.78 is 12.6. The van der Waals surface area contributed by atoms with E-state index in [1.165, 1.54) is 13.2 Å². The van der Waals surface area contributed by atoms with E-state index >= 15 is 0 Å². The quantitative estimate of drug-likeness (QED) is 0.432. The fraction of sp³-hybridized carbons (Fsp3) is 0.174. The molecule has 0 fully saturated rings. The topological polar surface area (TPSA) is 82.5 Å². The molecule has 2 aromatic carbocycles. The summed E-state index contributed by atoms with van der Waals surface area (Å²) in [7, 11) is 1.52. The molecule has 30 heavy (non-hydrogen) atoms. The van der Waals surface area contributed by atoms with Crippen molar-refractivity contribution in [1.82, 2.24) is 9.78 Å². The van der Waals surface area contributed by atoms with E-state index in [1.54, 1.807) is 53.4 Å². The number of hydrogen-bond donors (Lipinski definition) is 1. The van der Waals surface area contributed by atoms with Gasteiger partial charge in [-0.25, -0.2) is 0 Å². The van der Waals surface area contributed by atoms with Crippen molar-refractivity contribution in [2.24, 2.45) is 0 Å². The molecular formula is C23H23N3O4. The maximum Gasteiger partial charge on any atom is 0.262 e. The lowest BCUT2D eigenvalue weighted by molar-refractivity contribution is -0.118. The molecule has 0 saturated heterocycles. The minimum absolute atomic E-state index is 0.154. The molecule has 0 bridgehead atoms. The Morgan fingerprint density at radius 1 is 1.10 bits per heavy atom. The molecule has 7 heteroatoms. The van der Waals surface area contributed by atoms with E-state index in [9.17, 15) is 9.59 Å². The first-order valence-electron chi connectivity index (χ1n) is 9.50. The van der Waals surface area contributed by atoms with Gasteiger partial charge in [0.05, 0.1) is 7.11 Å². The Bertz CT molecular complexity index is 1040. The number of methoxy groups -OCH3 is 1. The number of allylic oxidation sites excluding steroid dienone is 1. The van der Waals surface area contributed by atoms with Crippen LogP contribution >= 0.6 is 0 Å². The number of ketones is 1. The van der Waals surface area contributed by atoms with E-state index in [1.807, 2.05) is 25.1 Å². The first-order valence-corrected chi connectivity index (χ1v) is 9.50. The van der Waals surface area contributed by atoms with Crippen LogP contribution < -0.4 is 14.8 Å². The highest BCUT2D eigenvalue weighted by Gasteiger charge is 2.09. The number of ether oxygens (including phenoxy) is 2. The zero-order chi connectivity index (χ0) is 21.3. The minimum Gasteiger partial charge on any atom is -0.493 e. The standard InChI is InChI=1S/C23H23N3O4/c1-3-26-14-13-19(25-26)20(27)11-9-17-10-12-21(22(15-17)29-2)30-16-23(28)24-18-7-5-4-6-8-18/h4-15H,3,16H2,1-2H3,(H,24,28)/b11-9+. The van der Waals surface area contributed by atoms with Crippen molar-refractivity contribution in [3.8, 4) is 11.5 Å². The second kappa shape index (κ2) is 10.1. The summed E-state index contributed by atoms with van der Waals surface area (Å²) in [6, 6.07) is 16.1. The Labute approximate surface area is 174 Å². The molecule has 0 aliphatic rings. The van der Waals surface area contributed by atoms with Crippen molar-refractivity contribution in [3.63, 3.8) is 0 Å². The van der Waals surface area contributed by atoms with Crippen molar-refractivity contribution in [3.05, 3.63) is 78.1 Å². The van der Waals surface area contributed by atoms with E-state index in [2.05, 4.69) is 10.4 Å². The van der Waals surface area contributed by atoms with Crippen LogP contribution in [0.15, 0.2) is 66.9 Å². The maximum absolute atomic E-state index is 12.2. The second-order valence-electron chi connectivity index (χ2n) is 6.37. The van der Waals surface area contributed by atoms with Gasteiger partial charge in [0.2, 0.25) is 5.78 Å². The first-order chi connectivity index (χ1) is 14.6. The van der Waals surface area contributed by atoms with Crippen molar-refractivity contribution in [2.45, 2.75) is 13.5 Å². The summed E-state index contributed by atoms with van der Waals surface area (Å²) in [4.78, 5) is 24.3. The van der Waals surface area contributed by atoms with Gasteiger partial charge < -0.3 is 14.8 Å². The summed E-state index contributed by atoms with van der Waals surface area (Å²) in [5.74, 6) is 0.446. The zero-order valence-corrected chi connectivity index (χ0v) is 16.9. The number of aromatic nitrogens is 2. The summed E-state index contributed by atoms with van der Waals surface area (Å²) in [6.45, 7) is 2.51. The third-order valence-electron chi connectivity index (χ3n) is 4.25. The maximum atomic E-state index is 12.2. The van der Waals surface area contributed by atoms with Crippen LogP contribution in [0.3, 0.4) is 0 Å². The molecular weight excluding hydrogens is 382 g/mol. The van der Waals surface area contributed by atoms with Crippen LogP contribution in [0.4, 0.5) is 5.69 Å². The Morgan fingerprint density at radius 3 is 2.60 bits per heavy atom. The summed E-state index contributed by atoms with van der Waals surface area (Å²) in [6.07, 6.45) is 4.91. The average Bonchev–Trinajstić information content (AvgIpc) is 3.26. The monoisotopic (exact) mass is 405 g/mol. The number of amides is 1. The zero-order valence-electron chi connectivity index (χ0n) is 16.9. The Hall–Kier alpha value is -3.87. The molecule has 3 aromatic rings. The predicted molar refractivity (Wildman–Crippen MR) is 115 cm³/mol. The van der Waals surface area contributed by atoms with Gasteiger partial charge >= 0.3 is 0 Å². The van der Waals surface area contributed by atoms with Gasteiger partial charge in [-0.1, -0.05) is 30.3 Å². The lowest BCUT2D eigenvalue weighted by Gasteiger charge is -2.11. The van der Waals surface area contributed by atoms with Gasteiger partial charge in [-0.2, -0.15) is 5.10 Å². The van der Waals surface area contributed by atoms with E-state index in [0.717, 1.165) is 5.56 Å². The average molecular weight is 405 g/mol. The van der Waals surface area contributed by atoms with Gasteiger partial charge in [-0.3, -0.25) is 14.3 Å². The highest BCUT2D eigenvalue weighted by molar-refractivity contribution is 6.05. The minimum atomic E-state index is -0.274. The van der Waals surface area contributed by atoms with Gasteiger partial charge in [-0.15, -0.1) is 0 Å². The molecule has 1 aromatic heterocycles. The van der Waals surface area contributed by atoms with Crippen LogP contribution in [0.5, 0.6) is 11.5 Å². The van der Waals surface area contributed by atoms with E-state index in [0.29, 0.717) is 29.4 Å². The van der Waals surface area contributed by atoms with Gasteiger partial charge in [0.1, 0.15) is 5.69 Å². The molecule has 0 atom stereocenters. The van der Waals surface area contributed by atoms with Crippen molar-refractivity contribution < 1.29 is 19.1 Å². The fourth-order valence-electron chi connectivity index (χ4n) is 2.70. The number of aryl methyl sites for hydroxylation is 1. The van der Waals surface area contributed by atoms with Crippen molar-refractivity contribution in [2.75, 3.05) is 19.0 Å². The number of para-hydroxylation sites is 1. The SMILES string of the molecule is CCn1ccc(C(=O)/C=C/c2ccc(OCC(=O)Nc3ccccc3)c(OC)c2)n1. The molecule has 1 amide bonds. The smallest absolute Gasteiger partial charge is 0.262 e. The lowest BCUT2D eigenvalue weighted by atomic mass is 10.1. The number of hydrogen-bond acceptors (Lipinski definition) is 5. The fourth-order valence-corrected chi connectivity index (χ4v) is 2.70. The van der Waals surface area contributed by atoms with Crippen LogP contribution in [0, 0.1) is 0 Å². The number of benzene rings is 2. The third-order valence-corrected chi connectivity index (χ3v) is 4.25. The van der Waals surface area contributed by atoms with Crippen LogP contribution in [0.2, 0.25) is 0 Å². The van der Waals surface area contributed by atoms with Gasteiger partial charge in [0, 0.05) is 18.4 Å². The highest BCUT2D eigenvalue weighted by Crippen LogP contribution is 2.28. The van der Waals surface area contributed by atoms with Crippen LogP contribution in [-0.4, -0.2) is 35.2 Å². The lowest BCUT2D eigenvalue weighted by Crippen LogP contribution is -2.20. The van der Waals surface area contributed by atoms with E-state index < -0.39 is 0 Å². The molecule has 3 rings (SSSR count). The largest absolute Gasteiger partial charge is 0.493 e. The van der Waals surface area contributed by atoms with Crippen LogP contribution in [0.25, 0.3) is 6.08 Å². The van der Waals surface area contributed by atoms with Gasteiger partial charge in [0.15, 0.2) is 18.1 Å². The molecule has 0 aliphatic heterocycles. The Morgan fingerprint density at radius 2 is 1.90 bits per heavy atom. The van der Waals surface area contributed by atoms with E-state index in [4.69, 9.17) is 9.47 Å². The molecule has 0 aliphatic carbocycles. The van der Waals surface area contributed by atoms with Crippen LogP contribution in [0.1, 0.15) is 23.0 Å². The predicted octanol–water partition coefficient (Wildman–Crippen LogP) is 3.83. The molecule has 0 spiro atoms. The first kappa shape index (κ1) is 20.9. The second-order valence-corrected chi connectivity index (χ2v) is 6.37. The molecule has 1 heterocycles. The molecule has 1 N–H and O–H groups in total. The number of carbonyl (C=O) groups excluding carboxylic acids is 2.